The summed E-state index contributed by atoms with van der Waals surface area (Å²) in [5, 5.41) is 13.7. The van der Waals surface area contributed by atoms with Gasteiger partial charge < -0.3 is 14.5 Å². The average molecular weight is 459 g/mol. The molecule has 1 heterocycles. The number of hydrogen-bond donors (Lipinski definition) is 1. The second-order valence-corrected chi connectivity index (χ2v) is 7.58. The zero-order chi connectivity index (χ0) is 24.2. The molecule has 0 saturated carbocycles. The van der Waals surface area contributed by atoms with E-state index in [1.165, 1.54) is 18.2 Å². The van der Waals surface area contributed by atoms with Crippen LogP contribution in [-0.2, 0) is 9.53 Å². The lowest BCUT2D eigenvalue weighted by Gasteiger charge is -2.17. The van der Waals surface area contributed by atoms with Crippen LogP contribution in [0.25, 0.3) is 22.6 Å². The summed E-state index contributed by atoms with van der Waals surface area (Å²) in [6.45, 7) is 3.41. The van der Waals surface area contributed by atoms with Crippen molar-refractivity contribution in [1.29, 1.82) is 0 Å². The minimum absolute atomic E-state index is 0.154. The van der Waals surface area contributed by atoms with Crippen molar-refractivity contribution in [2.45, 2.75) is 26.4 Å². The highest BCUT2D eigenvalue weighted by atomic mass is 16.6. The minimum Gasteiger partial charge on any atom is -0.449 e. The van der Waals surface area contributed by atoms with Gasteiger partial charge in [0.2, 0.25) is 5.89 Å². The van der Waals surface area contributed by atoms with E-state index >= 15 is 0 Å². The summed E-state index contributed by atoms with van der Waals surface area (Å²) in [4.78, 5) is 40.8. The molecule has 9 heteroatoms. The summed E-state index contributed by atoms with van der Waals surface area (Å²) < 4.78 is 11.3. The lowest BCUT2D eigenvalue weighted by atomic mass is 10.1. The van der Waals surface area contributed by atoms with Gasteiger partial charge in [0.25, 0.3) is 11.6 Å². The fraction of sp³-hybridized carbons (Fsp3) is 0.160. The van der Waals surface area contributed by atoms with Crippen LogP contribution in [0.1, 0.15) is 29.3 Å². The van der Waals surface area contributed by atoms with E-state index in [0.29, 0.717) is 22.2 Å². The number of rotatable bonds is 7. The molecule has 0 spiro atoms. The zero-order valence-electron chi connectivity index (χ0n) is 18.5. The van der Waals surface area contributed by atoms with Gasteiger partial charge in [-0.05, 0) is 43.2 Å². The van der Waals surface area contributed by atoms with Crippen LogP contribution >= 0.6 is 0 Å². The number of carbonyl (C=O) groups is 2. The number of anilines is 1. The van der Waals surface area contributed by atoms with Crippen LogP contribution in [0.5, 0.6) is 0 Å². The predicted molar refractivity (Wildman–Crippen MR) is 125 cm³/mol. The summed E-state index contributed by atoms with van der Waals surface area (Å²) in [7, 11) is 0. The maximum atomic E-state index is 13.0. The van der Waals surface area contributed by atoms with Crippen LogP contribution in [0, 0.1) is 17.0 Å². The molecule has 1 unspecified atom stereocenters. The summed E-state index contributed by atoms with van der Waals surface area (Å²) in [5.41, 5.74) is 2.64. The van der Waals surface area contributed by atoms with Crippen molar-refractivity contribution in [2.75, 3.05) is 5.32 Å². The molecule has 0 aliphatic rings. The quantitative estimate of drug-likeness (QED) is 0.226. The summed E-state index contributed by atoms with van der Waals surface area (Å²) in [6, 6.07) is 18.1. The van der Waals surface area contributed by atoms with Gasteiger partial charge in [0.1, 0.15) is 5.52 Å². The maximum Gasteiger partial charge on any atom is 0.339 e. The smallest absolute Gasteiger partial charge is 0.339 e. The number of nitro benzene ring substituents is 1. The fourth-order valence-electron chi connectivity index (χ4n) is 3.42. The van der Waals surface area contributed by atoms with Crippen LogP contribution in [-0.4, -0.2) is 27.9 Å². The zero-order valence-corrected chi connectivity index (χ0v) is 18.5. The Hall–Kier alpha value is -4.53. The number of oxazole rings is 1. The van der Waals surface area contributed by atoms with Crippen molar-refractivity contribution < 1.29 is 23.7 Å². The number of aryl methyl sites for hydroxylation is 1. The van der Waals surface area contributed by atoms with Crippen molar-refractivity contribution >= 4 is 34.4 Å². The third-order valence-electron chi connectivity index (χ3n) is 5.27. The molecule has 0 aliphatic carbocycles. The lowest BCUT2D eigenvalue weighted by molar-refractivity contribution is -0.384. The maximum absolute atomic E-state index is 13.0. The summed E-state index contributed by atoms with van der Waals surface area (Å²) in [5.74, 6) is -1.03. The van der Waals surface area contributed by atoms with Gasteiger partial charge in [-0.1, -0.05) is 37.3 Å². The number of fused-ring (bicyclic) bond motifs is 1. The van der Waals surface area contributed by atoms with Crippen molar-refractivity contribution in [3.8, 4) is 11.5 Å². The molecule has 34 heavy (non-hydrogen) atoms. The molecule has 1 N–H and O–H groups in total. The van der Waals surface area contributed by atoms with Crippen molar-refractivity contribution in [3.63, 3.8) is 0 Å². The van der Waals surface area contributed by atoms with Gasteiger partial charge >= 0.3 is 5.97 Å². The number of nitrogens with zero attached hydrogens (tertiary/aromatic N) is 2. The van der Waals surface area contributed by atoms with Gasteiger partial charge in [0, 0.05) is 12.1 Å². The number of benzene rings is 3. The van der Waals surface area contributed by atoms with Crippen molar-refractivity contribution in [1.82, 2.24) is 4.98 Å². The van der Waals surface area contributed by atoms with Gasteiger partial charge in [-0.2, -0.15) is 0 Å². The Bertz CT molecular complexity index is 1360. The Kier molecular flexibility index (Phi) is 6.35. The lowest BCUT2D eigenvalue weighted by Crippen LogP contribution is -2.32. The van der Waals surface area contributed by atoms with E-state index in [1.807, 2.05) is 12.1 Å². The number of hydrogen-bond acceptors (Lipinski definition) is 7. The van der Waals surface area contributed by atoms with Gasteiger partial charge in [0.15, 0.2) is 11.7 Å². The molecule has 9 nitrogen and oxygen atoms in total. The molecule has 172 valence electrons. The summed E-state index contributed by atoms with van der Waals surface area (Å²) >= 11 is 0. The molecule has 0 radical (unpaired) electrons. The van der Waals surface area contributed by atoms with Gasteiger partial charge in [-0.25, -0.2) is 9.78 Å². The first kappa shape index (κ1) is 22.7. The third kappa shape index (κ3) is 4.63. The molecule has 4 rings (SSSR count). The van der Waals surface area contributed by atoms with Gasteiger partial charge in [0.05, 0.1) is 21.7 Å². The van der Waals surface area contributed by atoms with E-state index in [0.717, 1.165) is 0 Å². The molecule has 4 aromatic rings. The van der Waals surface area contributed by atoms with E-state index < -0.39 is 22.9 Å². The van der Waals surface area contributed by atoms with Crippen LogP contribution in [0.15, 0.2) is 71.1 Å². The number of amides is 1. The van der Waals surface area contributed by atoms with Crippen LogP contribution in [0.4, 0.5) is 11.4 Å². The number of esters is 1. The van der Waals surface area contributed by atoms with E-state index in [4.69, 9.17) is 9.15 Å². The molecule has 1 aromatic heterocycles. The first-order chi connectivity index (χ1) is 16.4. The number of nitro groups is 1. The molecule has 0 aliphatic heterocycles. The number of ether oxygens (including phenoxy) is 1. The molecule has 3 aromatic carbocycles. The van der Waals surface area contributed by atoms with Crippen molar-refractivity contribution in [2.24, 2.45) is 0 Å². The van der Waals surface area contributed by atoms with E-state index in [1.54, 1.807) is 50.2 Å². The average Bonchev–Trinajstić information content (AvgIpc) is 3.27. The standard InChI is InChI=1S/C25H21N3O6/c1-3-21(23(29)26-20-14-16(28(31)32)13-12-15(20)2)34-25(30)18-9-5-4-8-17(18)24-27-19-10-6-7-11-22(19)33-24/h4-14,21H,3H2,1-2H3,(H,26,29). The van der Waals surface area contributed by atoms with Crippen LogP contribution in [0.2, 0.25) is 0 Å². The SMILES string of the molecule is CCC(OC(=O)c1ccccc1-c1nc2ccccc2o1)C(=O)Nc1cc([N+](=O)[O-])ccc1C. The monoisotopic (exact) mass is 459 g/mol. The number of aromatic nitrogens is 1. The number of carbonyl (C=O) groups excluding carboxylic acids is 2. The van der Waals surface area contributed by atoms with Crippen LogP contribution in [0.3, 0.4) is 0 Å². The summed E-state index contributed by atoms with van der Waals surface area (Å²) in [6.07, 6.45) is -0.904. The van der Waals surface area contributed by atoms with Gasteiger partial charge in [-0.15, -0.1) is 0 Å². The highest BCUT2D eigenvalue weighted by molar-refractivity contribution is 6.00. The van der Waals surface area contributed by atoms with E-state index in [-0.39, 0.29) is 29.2 Å². The molecule has 0 fully saturated rings. The van der Waals surface area contributed by atoms with Crippen LogP contribution < -0.4 is 5.32 Å². The molecule has 0 bridgehead atoms. The molecular formula is C25H21N3O6. The highest BCUT2D eigenvalue weighted by Crippen LogP contribution is 2.28. The third-order valence-corrected chi connectivity index (χ3v) is 5.27. The topological polar surface area (TPSA) is 125 Å². The van der Waals surface area contributed by atoms with E-state index in [2.05, 4.69) is 10.3 Å². The molecule has 0 saturated heterocycles. The Balaban J connectivity index is 1.56. The molecule has 1 atom stereocenters. The number of para-hydroxylation sites is 2. The first-order valence-electron chi connectivity index (χ1n) is 10.6. The fourth-order valence-corrected chi connectivity index (χ4v) is 3.42. The Labute approximate surface area is 194 Å². The Morgan fingerprint density at radius 2 is 1.85 bits per heavy atom. The predicted octanol–water partition coefficient (Wildman–Crippen LogP) is 5.29. The Morgan fingerprint density at radius 1 is 1.12 bits per heavy atom. The Morgan fingerprint density at radius 3 is 2.59 bits per heavy atom. The highest BCUT2D eigenvalue weighted by Gasteiger charge is 2.25. The second-order valence-electron chi connectivity index (χ2n) is 7.58. The number of non-ortho nitro benzene ring substituents is 1. The van der Waals surface area contributed by atoms with Gasteiger partial charge in [-0.3, -0.25) is 14.9 Å². The molecular weight excluding hydrogens is 438 g/mol. The minimum atomic E-state index is -1.11. The molecule has 1 amide bonds. The van der Waals surface area contributed by atoms with E-state index in [9.17, 15) is 19.7 Å². The second kappa shape index (κ2) is 9.53. The van der Waals surface area contributed by atoms with Crippen molar-refractivity contribution in [3.05, 3.63) is 88.0 Å². The first-order valence-corrected chi connectivity index (χ1v) is 10.6. The number of nitrogens with one attached hydrogen (secondary N) is 1. The largest absolute Gasteiger partial charge is 0.449 e. The normalized spacial score (nSPS) is 11.7.